The van der Waals surface area contributed by atoms with Gasteiger partial charge < -0.3 is 4.74 Å². The van der Waals surface area contributed by atoms with Gasteiger partial charge in [-0.1, -0.05) is 11.6 Å². The minimum atomic E-state index is -0.436. The zero-order valence-corrected chi connectivity index (χ0v) is 14.4. The second-order valence-corrected chi connectivity index (χ2v) is 6.17. The summed E-state index contributed by atoms with van der Waals surface area (Å²) >= 11 is 7.34. The molecule has 3 aromatic rings. The van der Waals surface area contributed by atoms with Crippen molar-refractivity contribution in [2.45, 2.75) is 18.2 Å². The average Bonchev–Trinajstić information content (AvgIpc) is 2.97. The molecular weight excluding hydrogens is 336 g/mol. The van der Waals surface area contributed by atoms with Crippen LogP contribution < -0.4 is 5.56 Å². The van der Waals surface area contributed by atoms with Crippen molar-refractivity contribution in [3.8, 4) is 0 Å². The van der Waals surface area contributed by atoms with Crippen LogP contribution in [0.25, 0.3) is 5.65 Å². The van der Waals surface area contributed by atoms with Gasteiger partial charge in [-0.2, -0.15) is 9.61 Å². The smallest absolute Gasteiger partial charge is 0.274 e. The lowest BCUT2D eigenvalue weighted by Crippen LogP contribution is -2.24. The molecule has 1 unspecified atom stereocenters. The van der Waals surface area contributed by atoms with E-state index in [1.165, 1.54) is 16.3 Å². The van der Waals surface area contributed by atoms with E-state index in [2.05, 4.69) is 10.1 Å². The molecule has 0 aromatic carbocycles. The first-order valence-electron chi connectivity index (χ1n) is 6.85. The minimum absolute atomic E-state index is 0.168. The van der Waals surface area contributed by atoms with Gasteiger partial charge in [-0.05, 0) is 25.3 Å². The second kappa shape index (κ2) is 6.35. The number of pyridine rings is 1. The Morgan fingerprint density at radius 1 is 1.35 bits per heavy atom. The Kier molecular flexibility index (Phi) is 4.43. The SMILES string of the molecule is COC(c1ccc(Cl)nc1)n1c(C)cc(=O)n2nc(SC)cc12. The molecule has 3 rings (SSSR count). The number of hydrogen-bond acceptors (Lipinski definition) is 5. The number of rotatable bonds is 4. The van der Waals surface area contributed by atoms with Crippen molar-refractivity contribution in [2.24, 2.45) is 0 Å². The predicted octanol–water partition coefficient (Wildman–Crippen LogP) is 2.77. The fraction of sp³-hybridized carbons (Fsp3) is 0.267. The van der Waals surface area contributed by atoms with E-state index >= 15 is 0 Å². The summed E-state index contributed by atoms with van der Waals surface area (Å²) in [5.41, 5.74) is 2.11. The number of nitrogens with zero attached hydrogens (tertiary/aromatic N) is 4. The van der Waals surface area contributed by atoms with Crippen molar-refractivity contribution in [1.82, 2.24) is 19.2 Å². The van der Waals surface area contributed by atoms with Gasteiger partial charge in [0, 0.05) is 36.7 Å². The quantitative estimate of drug-likeness (QED) is 0.535. The molecular formula is C15H15ClN4O2S. The molecule has 23 heavy (non-hydrogen) atoms. The van der Waals surface area contributed by atoms with Crippen molar-refractivity contribution in [3.63, 3.8) is 0 Å². The fourth-order valence-corrected chi connectivity index (χ4v) is 3.00. The summed E-state index contributed by atoms with van der Waals surface area (Å²) in [7, 11) is 1.61. The third kappa shape index (κ3) is 2.87. The van der Waals surface area contributed by atoms with Gasteiger partial charge in [-0.25, -0.2) is 4.98 Å². The molecule has 3 aromatic heterocycles. The third-order valence-electron chi connectivity index (χ3n) is 3.54. The van der Waals surface area contributed by atoms with Crippen LogP contribution in [0, 0.1) is 6.92 Å². The second-order valence-electron chi connectivity index (χ2n) is 4.95. The highest BCUT2D eigenvalue weighted by molar-refractivity contribution is 7.98. The molecule has 0 bridgehead atoms. The maximum atomic E-state index is 12.2. The third-order valence-corrected chi connectivity index (χ3v) is 4.38. The molecule has 6 nitrogen and oxygen atoms in total. The van der Waals surface area contributed by atoms with Crippen molar-refractivity contribution in [2.75, 3.05) is 13.4 Å². The number of methoxy groups -OCH3 is 1. The van der Waals surface area contributed by atoms with Crippen LogP contribution >= 0.6 is 23.4 Å². The van der Waals surface area contributed by atoms with Gasteiger partial charge >= 0.3 is 0 Å². The number of ether oxygens (including phenoxy) is 1. The van der Waals surface area contributed by atoms with E-state index in [9.17, 15) is 4.79 Å². The van der Waals surface area contributed by atoms with Gasteiger partial charge in [0.1, 0.15) is 15.8 Å². The molecule has 0 spiro atoms. The summed E-state index contributed by atoms with van der Waals surface area (Å²) in [6, 6.07) is 6.97. The molecule has 0 saturated carbocycles. The first-order chi connectivity index (χ1) is 11.0. The van der Waals surface area contributed by atoms with Crippen LogP contribution in [0.15, 0.2) is 40.3 Å². The first-order valence-corrected chi connectivity index (χ1v) is 8.45. The van der Waals surface area contributed by atoms with Crippen LogP contribution in [0.5, 0.6) is 0 Å². The number of hydrogen-bond donors (Lipinski definition) is 0. The summed E-state index contributed by atoms with van der Waals surface area (Å²) < 4.78 is 8.96. The number of thioether (sulfide) groups is 1. The lowest BCUT2D eigenvalue weighted by Gasteiger charge is -2.22. The monoisotopic (exact) mass is 350 g/mol. The Labute approximate surface area is 142 Å². The lowest BCUT2D eigenvalue weighted by molar-refractivity contribution is 0.0788. The van der Waals surface area contributed by atoms with Crippen LogP contribution in [0.1, 0.15) is 17.5 Å². The van der Waals surface area contributed by atoms with Crippen molar-refractivity contribution in [1.29, 1.82) is 0 Å². The van der Waals surface area contributed by atoms with Gasteiger partial charge in [-0.15, -0.1) is 11.8 Å². The Balaban J connectivity index is 2.26. The van der Waals surface area contributed by atoms with Crippen molar-refractivity contribution >= 4 is 29.0 Å². The summed E-state index contributed by atoms with van der Waals surface area (Å²) in [4.78, 5) is 16.3. The highest BCUT2D eigenvalue weighted by atomic mass is 35.5. The molecule has 1 atom stereocenters. The predicted molar refractivity (Wildman–Crippen MR) is 90.4 cm³/mol. The summed E-state index contributed by atoms with van der Waals surface area (Å²) in [6.45, 7) is 1.86. The zero-order valence-electron chi connectivity index (χ0n) is 12.9. The van der Waals surface area contributed by atoms with E-state index in [1.807, 2.05) is 29.9 Å². The lowest BCUT2D eigenvalue weighted by atomic mass is 10.2. The van der Waals surface area contributed by atoms with E-state index in [-0.39, 0.29) is 5.56 Å². The molecule has 8 heteroatoms. The number of aromatic nitrogens is 4. The van der Waals surface area contributed by atoms with Gasteiger partial charge in [0.05, 0.1) is 0 Å². The fourth-order valence-electron chi connectivity index (χ4n) is 2.50. The van der Waals surface area contributed by atoms with Gasteiger partial charge in [0.2, 0.25) is 0 Å². The largest absolute Gasteiger partial charge is 0.357 e. The zero-order chi connectivity index (χ0) is 16.6. The molecule has 0 aliphatic carbocycles. The average molecular weight is 351 g/mol. The van der Waals surface area contributed by atoms with Crippen LogP contribution in [-0.4, -0.2) is 32.5 Å². The van der Waals surface area contributed by atoms with Gasteiger partial charge in [-0.3, -0.25) is 9.36 Å². The number of halogens is 1. The first kappa shape index (κ1) is 16.0. The van der Waals surface area contributed by atoms with Crippen LogP contribution in [0.4, 0.5) is 0 Å². The molecule has 0 N–H and O–H groups in total. The van der Waals surface area contributed by atoms with E-state index < -0.39 is 6.23 Å². The highest BCUT2D eigenvalue weighted by Gasteiger charge is 2.19. The van der Waals surface area contributed by atoms with E-state index in [0.29, 0.717) is 10.8 Å². The Hall–Kier alpha value is -1.83. The molecule has 0 radical (unpaired) electrons. The van der Waals surface area contributed by atoms with Gasteiger partial charge in [0.25, 0.3) is 5.56 Å². The van der Waals surface area contributed by atoms with E-state index in [0.717, 1.165) is 16.3 Å². The molecule has 0 aliphatic rings. The normalized spacial score (nSPS) is 12.7. The maximum Gasteiger partial charge on any atom is 0.274 e. The standard InChI is InChI=1S/C15H15ClN4O2S/c1-9-6-14(21)20-13(7-12(18-20)23-3)19(9)15(22-2)10-4-5-11(16)17-8-10/h4-8,15H,1-3H3. The van der Waals surface area contributed by atoms with Crippen molar-refractivity contribution < 1.29 is 4.74 Å². The number of fused-ring (bicyclic) bond motifs is 1. The minimum Gasteiger partial charge on any atom is -0.357 e. The van der Waals surface area contributed by atoms with E-state index in [1.54, 1.807) is 25.4 Å². The van der Waals surface area contributed by atoms with Gasteiger partial charge in [0.15, 0.2) is 6.23 Å². The van der Waals surface area contributed by atoms with Crippen molar-refractivity contribution in [3.05, 3.63) is 57.2 Å². The Morgan fingerprint density at radius 2 is 2.13 bits per heavy atom. The topological polar surface area (TPSA) is 61.4 Å². The van der Waals surface area contributed by atoms with E-state index in [4.69, 9.17) is 16.3 Å². The Bertz CT molecular complexity index is 904. The molecule has 0 aliphatic heterocycles. The molecule has 0 fully saturated rings. The highest BCUT2D eigenvalue weighted by Crippen LogP contribution is 2.25. The number of aryl methyl sites for hydroxylation is 1. The van der Waals surface area contributed by atoms with Crippen LogP contribution in [0.3, 0.4) is 0 Å². The van der Waals surface area contributed by atoms with Crippen LogP contribution in [0.2, 0.25) is 5.15 Å². The van der Waals surface area contributed by atoms with Crippen LogP contribution in [-0.2, 0) is 4.74 Å². The summed E-state index contributed by atoms with van der Waals surface area (Å²) in [6.07, 6.45) is 3.14. The molecule has 120 valence electrons. The Morgan fingerprint density at radius 3 is 2.74 bits per heavy atom. The molecule has 0 saturated heterocycles. The molecule has 0 amide bonds. The molecule has 3 heterocycles. The summed E-state index contributed by atoms with van der Waals surface area (Å²) in [5, 5.41) is 5.50. The summed E-state index contributed by atoms with van der Waals surface area (Å²) in [5.74, 6) is 0. The maximum absolute atomic E-state index is 12.2.